The standard InChI is InChI=1S/C21H17ClN4O2/c22-14-5-3-4-12(8-14)20-19-16(25-21-23-11-24-26(20)21)9-13(10-18(19)28)15-6-1-2-7-17(15)27/h1-8,11,13,20,27H,9-10H2,(H,23,24,25). The molecule has 0 radical (unpaired) electrons. The van der Waals surface area contributed by atoms with Crippen molar-refractivity contribution in [3.05, 3.63) is 82.3 Å². The molecule has 5 rings (SSSR count). The van der Waals surface area contributed by atoms with Gasteiger partial charge in [0.25, 0.3) is 0 Å². The second-order valence-corrected chi connectivity index (χ2v) is 7.53. The molecule has 1 aliphatic heterocycles. The fourth-order valence-corrected chi connectivity index (χ4v) is 4.39. The highest BCUT2D eigenvalue weighted by atomic mass is 35.5. The van der Waals surface area contributed by atoms with Gasteiger partial charge >= 0.3 is 0 Å². The third-order valence-corrected chi connectivity index (χ3v) is 5.64. The Bertz CT molecular complexity index is 1120. The number of hydrogen-bond donors (Lipinski definition) is 2. The van der Waals surface area contributed by atoms with Gasteiger partial charge in [-0.3, -0.25) is 4.79 Å². The fraction of sp³-hybridized carbons (Fsp3) is 0.190. The molecule has 28 heavy (non-hydrogen) atoms. The van der Waals surface area contributed by atoms with Crippen LogP contribution in [0.2, 0.25) is 5.02 Å². The molecule has 0 saturated carbocycles. The molecule has 0 spiro atoms. The van der Waals surface area contributed by atoms with E-state index in [2.05, 4.69) is 15.4 Å². The largest absolute Gasteiger partial charge is 0.508 e. The van der Waals surface area contributed by atoms with E-state index in [9.17, 15) is 9.90 Å². The van der Waals surface area contributed by atoms with E-state index in [0.717, 1.165) is 16.8 Å². The van der Waals surface area contributed by atoms with E-state index in [1.807, 2.05) is 30.3 Å². The molecular formula is C21H17ClN4O2. The zero-order valence-corrected chi connectivity index (χ0v) is 15.6. The number of allylic oxidation sites excluding steroid dienone is 2. The predicted molar refractivity (Wildman–Crippen MR) is 105 cm³/mol. The maximum absolute atomic E-state index is 13.2. The zero-order chi connectivity index (χ0) is 19.3. The lowest BCUT2D eigenvalue weighted by atomic mass is 9.77. The number of carbonyl (C=O) groups is 1. The first-order valence-corrected chi connectivity index (χ1v) is 9.45. The summed E-state index contributed by atoms with van der Waals surface area (Å²) in [6.45, 7) is 0. The lowest BCUT2D eigenvalue weighted by Gasteiger charge is -2.35. The first kappa shape index (κ1) is 17.0. The number of carbonyl (C=O) groups excluding carboxylic acids is 1. The minimum absolute atomic E-state index is 0.0353. The van der Waals surface area contributed by atoms with Crippen LogP contribution >= 0.6 is 11.6 Å². The summed E-state index contributed by atoms with van der Waals surface area (Å²) in [7, 11) is 0. The van der Waals surface area contributed by atoms with Crippen LogP contribution in [-0.4, -0.2) is 25.7 Å². The molecule has 2 aliphatic rings. The predicted octanol–water partition coefficient (Wildman–Crippen LogP) is 4.05. The second kappa shape index (κ2) is 6.49. The van der Waals surface area contributed by atoms with Crippen molar-refractivity contribution in [3.8, 4) is 5.75 Å². The van der Waals surface area contributed by atoms with E-state index < -0.39 is 0 Å². The van der Waals surface area contributed by atoms with Gasteiger partial charge in [-0.25, -0.2) is 4.68 Å². The van der Waals surface area contributed by atoms with Crippen LogP contribution in [0.4, 0.5) is 5.95 Å². The first-order chi connectivity index (χ1) is 13.6. The Kier molecular flexibility index (Phi) is 3.94. The summed E-state index contributed by atoms with van der Waals surface area (Å²) in [6, 6.07) is 14.3. The van der Waals surface area contributed by atoms with Gasteiger partial charge in [-0.1, -0.05) is 41.9 Å². The van der Waals surface area contributed by atoms with E-state index in [1.165, 1.54) is 6.33 Å². The highest BCUT2D eigenvalue weighted by Gasteiger charge is 2.39. The quantitative estimate of drug-likeness (QED) is 0.687. The van der Waals surface area contributed by atoms with Crippen molar-refractivity contribution >= 4 is 23.3 Å². The van der Waals surface area contributed by atoms with Gasteiger partial charge < -0.3 is 10.4 Å². The lowest BCUT2D eigenvalue weighted by molar-refractivity contribution is -0.116. The SMILES string of the molecule is O=C1CC(c2ccccc2O)CC2=C1C(c1cccc(Cl)c1)n1ncnc1N2. The van der Waals surface area contributed by atoms with E-state index in [4.69, 9.17) is 11.6 Å². The lowest BCUT2D eigenvalue weighted by Crippen LogP contribution is -2.33. The molecule has 0 fully saturated rings. The van der Waals surface area contributed by atoms with Crippen molar-refractivity contribution in [1.82, 2.24) is 14.8 Å². The van der Waals surface area contributed by atoms with E-state index >= 15 is 0 Å². The molecule has 2 aromatic carbocycles. The number of aromatic hydroxyl groups is 1. The summed E-state index contributed by atoms with van der Waals surface area (Å²) < 4.78 is 1.72. The summed E-state index contributed by atoms with van der Waals surface area (Å²) in [5, 5.41) is 18.5. The summed E-state index contributed by atoms with van der Waals surface area (Å²) in [5.74, 6) is 0.756. The number of para-hydroxylation sites is 1. The van der Waals surface area contributed by atoms with E-state index in [-0.39, 0.29) is 23.5 Å². The number of Topliss-reactive ketones (excluding diaryl/α,β-unsaturated/α-hetero) is 1. The van der Waals surface area contributed by atoms with Gasteiger partial charge in [0, 0.05) is 28.6 Å². The van der Waals surface area contributed by atoms with Crippen molar-refractivity contribution in [1.29, 1.82) is 0 Å². The Morgan fingerprint density at radius 3 is 2.82 bits per heavy atom. The van der Waals surface area contributed by atoms with Gasteiger partial charge in [0.15, 0.2) is 5.78 Å². The van der Waals surface area contributed by atoms with Crippen LogP contribution < -0.4 is 5.32 Å². The van der Waals surface area contributed by atoms with Gasteiger partial charge in [0.05, 0.1) is 0 Å². The van der Waals surface area contributed by atoms with Crippen LogP contribution in [0.5, 0.6) is 5.75 Å². The number of aromatic nitrogens is 3. The number of phenols is 1. The van der Waals surface area contributed by atoms with Crippen LogP contribution in [0.25, 0.3) is 0 Å². The van der Waals surface area contributed by atoms with Crippen LogP contribution in [-0.2, 0) is 4.79 Å². The summed E-state index contributed by atoms with van der Waals surface area (Å²) in [5.41, 5.74) is 3.19. The second-order valence-electron chi connectivity index (χ2n) is 7.09. The number of halogens is 1. The number of fused-ring (bicyclic) bond motifs is 1. The monoisotopic (exact) mass is 392 g/mol. The highest BCUT2D eigenvalue weighted by molar-refractivity contribution is 6.30. The Morgan fingerprint density at radius 2 is 2.00 bits per heavy atom. The zero-order valence-electron chi connectivity index (χ0n) is 14.8. The number of rotatable bonds is 2. The van der Waals surface area contributed by atoms with Crippen molar-refractivity contribution in [3.63, 3.8) is 0 Å². The van der Waals surface area contributed by atoms with Crippen LogP contribution in [0, 0.1) is 0 Å². The molecule has 6 nitrogen and oxygen atoms in total. The molecule has 140 valence electrons. The summed E-state index contributed by atoms with van der Waals surface area (Å²) in [4.78, 5) is 17.5. The molecule has 0 saturated heterocycles. The number of nitrogens with zero attached hydrogens (tertiary/aromatic N) is 3. The Balaban J connectivity index is 1.62. The maximum Gasteiger partial charge on any atom is 0.226 e. The average molecular weight is 393 g/mol. The van der Waals surface area contributed by atoms with Crippen LogP contribution in [0.1, 0.15) is 35.9 Å². The number of benzene rings is 2. The number of nitrogens with one attached hydrogen (secondary N) is 1. The molecule has 0 amide bonds. The molecule has 1 aliphatic carbocycles. The van der Waals surface area contributed by atoms with Gasteiger partial charge in [-0.15, -0.1) is 0 Å². The van der Waals surface area contributed by atoms with Crippen molar-refractivity contribution < 1.29 is 9.90 Å². The van der Waals surface area contributed by atoms with Gasteiger partial charge in [0.2, 0.25) is 5.95 Å². The molecule has 2 heterocycles. The highest BCUT2D eigenvalue weighted by Crippen LogP contribution is 2.45. The number of ketones is 1. The molecule has 1 aromatic heterocycles. The molecule has 2 atom stereocenters. The van der Waals surface area contributed by atoms with Crippen LogP contribution in [0.15, 0.2) is 66.1 Å². The van der Waals surface area contributed by atoms with Gasteiger partial charge in [-0.05, 0) is 35.7 Å². The van der Waals surface area contributed by atoms with Crippen molar-refractivity contribution in [2.75, 3.05) is 5.32 Å². The third-order valence-electron chi connectivity index (χ3n) is 5.40. The minimum atomic E-state index is -0.370. The molecule has 2 N–H and O–H groups in total. The minimum Gasteiger partial charge on any atom is -0.508 e. The Morgan fingerprint density at radius 1 is 1.14 bits per heavy atom. The van der Waals surface area contributed by atoms with Gasteiger partial charge in [0.1, 0.15) is 18.1 Å². The van der Waals surface area contributed by atoms with Gasteiger partial charge in [-0.2, -0.15) is 10.1 Å². The molecule has 0 bridgehead atoms. The fourth-order valence-electron chi connectivity index (χ4n) is 4.19. The van der Waals surface area contributed by atoms with Crippen molar-refractivity contribution in [2.24, 2.45) is 0 Å². The normalized spacial score (nSPS) is 21.1. The summed E-state index contributed by atoms with van der Waals surface area (Å²) in [6.07, 6.45) is 2.42. The molecular weight excluding hydrogens is 376 g/mol. The molecule has 7 heteroatoms. The average Bonchev–Trinajstić information content (AvgIpc) is 3.14. The van der Waals surface area contributed by atoms with E-state index in [0.29, 0.717) is 29.4 Å². The van der Waals surface area contributed by atoms with Crippen molar-refractivity contribution in [2.45, 2.75) is 24.8 Å². The third kappa shape index (κ3) is 2.68. The number of hydrogen-bond acceptors (Lipinski definition) is 5. The first-order valence-electron chi connectivity index (χ1n) is 9.08. The maximum atomic E-state index is 13.2. The Labute approximate surface area is 166 Å². The topological polar surface area (TPSA) is 80.0 Å². The molecule has 2 unspecified atom stereocenters. The smallest absolute Gasteiger partial charge is 0.226 e. The molecule has 3 aromatic rings. The Hall–Kier alpha value is -3.12. The summed E-state index contributed by atoms with van der Waals surface area (Å²) >= 11 is 6.21. The van der Waals surface area contributed by atoms with E-state index in [1.54, 1.807) is 22.9 Å². The number of phenolic OH excluding ortho intramolecular Hbond substituents is 1. The van der Waals surface area contributed by atoms with Crippen LogP contribution in [0.3, 0.4) is 0 Å². The number of anilines is 1.